The number of rotatable bonds is 3. The summed E-state index contributed by atoms with van der Waals surface area (Å²) in [6, 6.07) is 5.61. The Morgan fingerprint density at radius 1 is 1.44 bits per heavy atom. The van der Waals surface area contributed by atoms with Crippen molar-refractivity contribution in [2.45, 2.75) is 6.04 Å². The van der Waals surface area contributed by atoms with Gasteiger partial charge in [0.25, 0.3) is 5.91 Å². The fourth-order valence-corrected chi connectivity index (χ4v) is 2.00. The van der Waals surface area contributed by atoms with Gasteiger partial charge >= 0.3 is 0 Å². The van der Waals surface area contributed by atoms with E-state index in [4.69, 9.17) is 10.5 Å². The third-order valence-electron chi connectivity index (χ3n) is 3.36. The number of hydrogen-bond acceptors (Lipinski definition) is 4. The molecule has 0 bridgehead atoms. The SMILES string of the molecule is COc1ccc(C(=O)N2CC(N(C)C)C2)cc1N. The van der Waals surface area contributed by atoms with Crippen molar-refractivity contribution in [3.8, 4) is 5.75 Å². The second kappa shape index (κ2) is 4.86. The first kappa shape index (κ1) is 12.7. The van der Waals surface area contributed by atoms with Crippen molar-refractivity contribution in [2.75, 3.05) is 40.0 Å². The standard InChI is InChI=1S/C13H19N3O2/c1-15(2)10-7-16(8-10)13(17)9-4-5-12(18-3)11(14)6-9/h4-6,10H,7-8,14H2,1-3H3. The number of likely N-dealkylation sites (tertiary alicyclic amines) is 1. The monoisotopic (exact) mass is 249 g/mol. The number of carbonyl (C=O) groups excluding carboxylic acids is 1. The fraction of sp³-hybridized carbons (Fsp3) is 0.462. The molecule has 1 aliphatic heterocycles. The van der Waals surface area contributed by atoms with Crippen LogP contribution in [0, 0.1) is 0 Å². The van der Waals surface area contributed by atoms with Crippen molar-refractivity contribution in [3.63, 3.8) is 0 Å². The summed E-state index contributed by atoms with van der Waals surface area (Å²) < 4.78 is 5.07. The third kappa shape index (κ3) is 2.26. The van der Waals surface area contributed by atoms with E-state index in [9.17, 15) is 4.79 Å². The minimum atomic E-state index is 0.0300. The van der Waals surface area contributed by atoms with E-state index in [1.54, 1.807) is 25.3 Å². The first-order chi connectivity index (χ1) is 8.52. The molecule has 2 N–H and O–H groups in total. The highest BCUT2D eigenvalue weighted by Crippen LogP contribution is 2.24. The summed E-state index contributed by atoms with van der Waals surface area (Å²) in [5.74, 6) is 0.629. The van der Waals surface area contributed by atoms with Crippen LogP contribution in [0.2, 0.25) is 0 Å². The molecule has 5 nitrogen and oxygen atoms in total. The zero-order valence-electron chi connectivity index (χ0n) is 11.0. The maximum atomic E-state index is 12.2. The average Bonchev–Trinajstić information content (AvgIpc) is 2.26. The molecule has 1 aromatic rings. The number of nitrogen functional groups attached to an aromatic ring is 1. The van der Waals surface area contributed by atoms with Crippen molar-refractivity contribution in [1.82, 2.24) is 9.80 Å². The highest BCUT2D eigenvalue weighted by atomic mass is 16.5. The zero-order valence-corrected chi connectivity index (χ0v) is 11.0. The van der Waals surface area contributed by atoms with Gasteiger partial charge in [-0.25, -0.2) is 0 Å². The van der Waals surface area contributed by atoms with Crippen molar-refractivity contribution < 1.29 is 9.53 Å². The number of nitrogens with two attached hydrogens (primary N) is 1. The van der Waals surface area contributed by atoms with E-state index >= 15 is 0 Å². The smallest absolute Gasteiger partial charge is 0.254 e. The van der Waals surface area contributed by atoms with E-state index in [-0.39, 0.29) is 5.91 Å². The lowest BCUT2D eigenvalue weighted by Gasteiger charge is -2.42. The largest absolute Gasteiger partial charge is 0.495 e. The second-order valence-corrected chi connectivity index (χ2v) is 4.78. The lowest BCUT2D eigenvalue weighted by Crippen LogP contribution is -2.59. The molecule has 0 radical (unpaired) electrons. The lowest BCUT2D eigenvalue weighted by atomic mass is 10.1. The number of carbonyl (C=O) groups is 1. The summed E-state index contributed by atoms with van der Waals surface area (Å²) in [7, 11) is 5.61. The molecule has 5 heteroatoms. The molecule has 0 unspecified atom stereocenters. The Bertz CT molecular complexity index is 454. The number of amides is 1. The van der Waals surface area contributed by atoms with Crippen LogP contribution in [-0.2, 0) is 0 Å². The van der Waals surface area contributed by atoms with Gasteiger partial charge in [0, 0.05) is 24.7 Å². The summed E-state index contributed by atoms with van der Waals surface area (Å²) >= 11 is 0. The minimum absolute atomic E-state index is 0.0300. The molecule has 0 aromatic heterocycles. The first-order valence-corrected chi connectivity index (χ1v) is 5.92. The van der Waals surface area contributed by atoms with Gasteiger partial charge in [-0.1, -0.05) is 0 Å². The van der Waals surface area contributed by atoms with E-state index < -0.39 is 0 Å². The van der Waals surface area contributed by atoms with Gasteiger partial charge in [-0.05, 0) is 32.3 Å². The topological polar surface area (TPSA) is 58.8 Å². The Hall–Kier alpha value is -1.75. The van der Waals surface area contributed by atoms with E-state index in [2.05, 4.69) is 4.90 Å². The predicted molar refractivity (Wildman–Crippen MR) is 70.8 cm³/mol. The highest BCUT2D eigenvalue weighted by molar-refractivity contribution is 5.96. The van der Waals surface area contributed by atoms with E-state index in [0.29, 0.717) is 23.0 Å². The molecule has 1 heterocycles. The van der Waals surface area contributed by atoms with Crippen LogP contribution < -0.4 is 10.5 Å². The van der Waals surface area contributed by atoms with Crippen LogP contribution in [0.15, 0.2) is 18.2 Å². The Balaban J connectivity index is 2.05. The Kier molecular flexibility index (Phi) is 3.43. The number of nitrogens with zero attached hydrogens (tertiary/aromatic N) is 2. The molecule has 0 saturated carbocycles. The Morgan fingerprint density at radius 3 is 2.61 bits per heavy atom. The van der Waals surface area contributed by atoms with Gasteiger partial charge < -0.3 is 20.3 Å². The van der Waals surface area contributed by atoms with E-state index in [1.807, 2.05) is 19.0 Å². The Labute approximate surface area is 107 Å². The molecule has 1 saturated heterocycles. The van der Waals surface area contributed by atoms with Crippen LogP contribution in [0.25, 0.3) is 0 Å². The van der Waals surface area contributed by atoms with Crippen LogP contribution >= 0.6 is 0 Å². The second-order valence-electron chi connectivity index (χ2n) is 4.78. The number of anilines is 1. The van der Waals surface area contributed by atoms with Gasteiger partial charge in [0.1, 0.15) is 5.75 Å². The van der Waals surface area contributed by atoms with Gasteiger partial charge in [0.15, 0.2) is 0 Å². The normalized spacial score (nSPS) is 15.7. The molecule has 0 spiro atoms. The van der Waals surface area contributed by atoms with Gasteiger partial charge in [-0.3, -0.25) is 4.79 Å². The molecule has 98 valence electrons. The summed E-state index contributed by atoms with van der Waals surface area (Å²) in [6.45, 7) is 1.55. The quantitative estimate of drug-likeness (QED) is 0.800. The number of ether oxygens (including phenoxy) is 1. The molecule has 1 aliphatic rings. The molecule has 1 fully saturated rings. The van der Waals surface area contributed by atoms with Crippen molar-refractivity contribution in [3.05, 3.63) is 23.8 Å². The number of methoxy groups -OCH3 is 1. The van der Waals surface area contributed by atoms with E-state index in [1.165, 1.54) is 0 Å². The van der Waals surface area contributed by atoms with Crippen molar-refractivity contribution in [1.29, 1.82) is 0 Å². The number of hydrogen-bond donors (Lipinski definition) is 1. The molecular formula is C13H19N3O2. The van der Waals surface area contributed by atoms with Crippen LogP contribution in [0.3, 0.4) is 0 Å². The summed E-state index contributed by atoms with van der Waals surface area (Å²) in [5.41, 5.74) is 6.91. The van der Waals surface area contributed by atoms with Crippen LogP contribution in [-0.4, -0.2) is 56.0 Å². The van der Waals surface area contributed by atoms with Crippen molar-refractivity contribution in [2.24, 2.45) is 0 Å². The predicted octanol–water partition coefficient (Wildman–Crippen LogP) is 0.663. The van der Waals surface area contributed by atoms with E-state index in [0.717, 1.165) is 13.1 Å². The molecule has 2 rings (SSSR count). The molecule has 0 aliphatic carbocycles. The minimum Gasteiger partial charge on any atom is -0.495 e. The molecule has 1 amide bonds. The highest BCUT2D eigenvalue weighted by Gasteiger charge is 2.32. The van der Waals surface area contributed by atoms with Gasteiger partial charge in [0.05, 0.1) is 12.8 Å². The number of likely N-dealkylation sites (N-methyl/N-ethyl adjacent to an activating group) is 1. The molecule has 18 heavy (non-hydrogen) atoms. The van der Waals surface area contributed by atoms with Crippen LogP contribution in [0.5, 0.6) is 5.75 Å². The zero-order chi connectivity index (χ0) is 13.3. The maximum Gasteiger partial charge on any atom is 0.254 e. The van der Waals surface area contributed by atoms with Crippen LogP contribution in [0.1, 0.15) is 10.4 Å². The third-order valence-corrected chi connectivity index (χ3v) is 3.36. The average molecular weight is 249 g/mol. The number of benzene rings is 1. The summed E-state index contributed by atoms with van der Waals surface area (Å²) in [6.07, 6.45) is 0. The lowest BCUT2D eigenvalue weighted by molar-refractivity contribution is 0.0399. The maximum absolute atomic E-state index is 12.2. The fourth-order valence-electron chi connectivity index (χ4n) is 2.00. The molecule has 1 aromatic carbocycles. The van der Waals surface area contributed by atoms with Crippen molar-refractivity contribution >= 4 is 11.6 Å². The molecular weight excluding hydrogens is 230 g/mol. The van der Waals surface area contributed by atoms with Gasteiger partial charge in [-0.15, -0.1) is 0 Å². The summed E-state index contributed by atoms with van der Waals surface area (Å²) in [4.78, 5) is 16.1. The summed E-state index contributed by atoms with van der Waals surface area (Å²) in [5, 5.41) is 0. The van der Waals surface area contributed by atoms with Crippen LogP contribution in [0.4, 0.5) is 5.69 Å². The molecule has 0 atom stereocenters. The van der Waals surface area contributed by atoms with Gasteiger partial charge in [-0.2, -0.15) is 0 Å². The first-order valence-electron chi connectivity index (χ1n) is 5.92. The van der Waals surface area contributed by atoms with Gasteiger partial charge in [0.2, 0.25) is 0 Å². The Morgan fingerprint density at radius 2 is 2.11 bits per heavy atom.